The average Bonchev–Trinajstić information content (AvgIpc) is 2.70. The molecule has 126 valence electrons. The fourth-order valence-electron chi connectivity index (χ4n) is 2.11. The van der Waals surface area contributed by atoms with Crippen molar-refractivity contribution >= 4 is 23.6 Å². The van der Waals surface area contributed by atoms with Gasteiger partial charge in [0.2, 0.25) is 5.91 Å². The van der Waals surface area contributed by atoms with Crippen LogP contribution in [0.1, 0.15) is 35.3 Å². The average molecular weight is 348 g/mol. The Bertz CT molecular complexity index is 607. The smallest absolute Gasteiger partial charge is 0.433 e. The molecular formula is C14H15F3N2O3S. The van der Waals surface area contributed by atoms with E-state index in [-0.39, 0.29) is 16.5 Å². The number of nitrogens with one attached hydrogen (secondary N) is 1. The van der Waals surface area contributed by atoms with Gasteiger partial charge in [0.05, 0.1) is 17.9 Å². The zero-order valence-corrected chi connectivity index (χ0v) is 13.1. The predicted molar refractivity (Wildman–Crippen MR) is 77.1 cm³/mol. The zero-order chi connectivity index (χ0) is 17.0. The van der Waals surface area contributed by atoms with Crippen LogP contribution in [0, 0.1) is 0 Å². The molecule has 9 heteroatoms. The van der Waals surface area contributed by atoms with E-state index in [0.717, 1.165) is 43.8 Å². The molecule has 1 aromatic heterocycles. The second kappa shape index (κ2) is 7.20. The number of carbonyl (C=O) groups excluding carboxylic acids is 2. The van der Waals surface area contributed by atoms with E-state index in [1.165, 1.54) is 0 Å². The second-order valence-electron chi connectivity index (χ2n) is 4.93. The molecule has 2 heterocycles. The Balaban J connectivity index is 2.36. The summed E-state index contributed by atoms with van der Waals surface area (Å²) in [4.78, 5) is 27.2. The third kappa shape index (κ3) is 4.37. The summed E-state index contributed by atoms with van der Waals surface area (Å²) >= 11 is 0.863. The Morgan fingerprint density at radius 3 is 2.78 bits per heavy atom. The number of aromatic nitrogens is 1. The number of hydrogen-bond donors (Lipinski definition) is 1. The van der Waals surface area contributed by atoms with Crippen LogP contribution < -0.4 is 5.32 Å². The highest BCUT2D eigenvalue weighted by Gasteiger charge is 2.34. The van der Waals surface area contributed by atoms with Gasteiger partial charge in [-0.3, -0.25) is 4.79 Å². The van der Waals surface area contributed by atoms with Gasteiger partial charge in [0.15, 0.2) is 0 Å². The molecule has 1 fully saturated rings. The van der Waals surface area contributed by atoms with Crippen molar-refractivity contribution < 1.29 is 27.5 Å². The number of ether oxygens (including phenoxy) is 1. The second-order valence-corrected chi connectivity index (χ2v) is 6.12. The summed E-state index contributed by atoms with van der Waals surface area (Å²) in [6.07, 6.45) is -2.55. The van der Waals surface area contributed by atoms with Crippen molar-refractivity contribution in [1.29, 1.82) is 0 Å². The number of rotatable bonds is 3. The molecule has 1 N–H and O–H groups in total. The van der Waals surface area contributed by atoms with Gasteiger partial charge in [-0.05, 0) is 25.0 Å². The van der Waals surface area contributed by atoms with E-state index >= 15 is 0 Å². The molecule has 1 saturated heterocycles. The predicted octanol–water partition coefficient (Wildman–Crippen LogP) is 2.65. The molecule has 1 atom stereocenters. The van der Waals surface area contributed by atoms with Crippen LogP contribution in [0.15, 0.2) is 17.2 Å². The number of pyridine rings is 1. The molecule has 0 aromatic carbocycles. The van der Waals surface area contributed by atoms with Gasteiger partial charge in [-0.15, -0.1) is 0 Å². The summed E-state index contributed by atoms with van der Waals surface area (Å²) in [5.74, 6) is -1.05. The Hall–Kier alpha value is -1.77. The standard InChI is InChI=1S/C14H15F3N2O3S/c1-22-13(21)8-5-6-10(14(15,16)17)19-12(8)23-9-4-2-3-7-18-11(9)20/h5-6,9H,2-4,7H2,1H3,(H,18,20). The summed E-state index contributed by atoms with van der Waals surface area (Å²) in [5.41, 5.74) is -1.19. The highest BCUT2D eigenvalue weighted by atomic mass is 32.2. The van der Waals surface area contributed by atoms with Gasteiger partial charge in [0, 0.05) is 6.54 Å². The molecule has 0 bridgehead atoms. The van der Waals surface area contributed by atoms with Gasteiger partial charge in [0.1, 0.15) is 10.7 Å². The van der Waals surface area contributed by atoms with Crippen LogP contribution in [-0.4, -0.2) is 35.8 Å². The Kier molecular flexibility index (Phi) is 5.51. The van der Waals surface area contributed by atoms with Gasteiger partial charge < -0.3 is 10.1 Å². The van der Waals surface area contributed by atoms with Gasteiger partial charge in [-0.2, -0.15) is 13.2 Å². The van der Waals surface area contributed by atoms with Crippen LogP contribution >= 0.6 is 11.8 Å². The number of methoxy groups -OCH3 is 1. The normalized spacial score (nSPS) is 19.0. The van der Waals surface area contributed by atoms with Crippen LogP contribution in [0.5, 0.6) is 0 Å². The number of halogens is 3. The van der Waals surface area contributed by atoms with Gasteiger partial charge in [-0.25, -0.2) is 9.78 Å². The monoisotopic (exact) mass is 348 g/mol. The van der Waals surface area contributed by atoms with Crippen LogP contribution in [0.3, 0.4) is 0 Å². The molecule has 2 rings (SSSR count). The van der Waals surface area contributed by atoms with Crippen molar-refractivity contribution in [3.05, 3.63) is 23.4 Å². The van der Waals surface area contributed by atoms with Crippen molar-refractivity contribution in [3.8, 4) is 0 Å². The molecule has 5 nitrogen and oxygen atoms in total. The molecule has 1 amide bonds. The van der Waals surface area contributed by atoms with Crippen molar-refractivity contribution in [3.63, 3.8) is 0 Å². The molecule has 0 spiro atoms. The SMILES string of the molecule is COC(=O)c1ccc(C(F)(F)F)nc1SC1CCCCNC1=O. The lowest BCUT2D eigenvalue weighted by Gasteiger charge is -2.15. The fourth-order valence-corrected chi connectivity index (χ4v) is 3.29. The lowest BCUT2D eigenvalue weighted by molar-refractivity contribution is -0.141. The molecule has 1 aliphatic rings. The van der Waals surface area contributed by atoms with Crippen LogP contribution in [0.2, 0.25) is 0 Å². The largest absolute Gasteiger partial charge is 0.465 e. The van der Waals surface area contributed by atoms with Gasteiger partial charge in [0.25, 0.3) is 0 Å². The number of hydrogen-bond acceptors (Lipinski definition) is 5. The Morgan fingerprint density at radius 2 is 2.13 bits per heavy atom. The molecule has 0 saturated carbocycles. The van der Waals surface area contributed by atoms with Crippen molar-refractivity contribution in [2.75, 3.05) is 13.7 Å². The summed E-state index contributed by atoms with van der Waals surface area (Å²) in [6, 6.07) is 1.75. The van der Waals surface area contributed by atoms with Crippen LogP contribution in [-0.2, 0) is 15.7 Å². The first-order valence-electron chi connectivity index (χ1n) is 6.94. The Labute approximate surface area is 135 Å². The number of thioether (sulfide) groups is 1. The molecule has 23 heavy (non-hydrogen) atoms. The minimum atomic E-state index is -4.63. The van der Waals surface area contributed by atoms with E-state index < -0.39 is 23.1 Å². The zero-order valence-electron chi connectivity index (χ0n) is 12.3. The van der Waals surface area contributed by atoms with Crippen LogP contribution in [0.4, 0.5) is 13.2 Å². The first-order chi connectivity index (χ1) is 10.8. The molecule has 1 aliphatic heterocycles. The number of nitrogens with zero attached hydrogens (tertiary/aromatic N) is 1. The molecule has 1 aromatic rings. The van der Waals surface area contributed by atoms with Crippen LogP contribution in [0.25, 0.3) is 0 Å². The fraction of sp³-hybridized carbons (Fsp3) is 0.500. The third-order valence-electron chi connectivity index (χ3n) is 3.29. The first kappa shape index (κ1) is 17.6. The maximum Gasteiger partial charge on any atom is 0.433 e. The van der Waals surface area contributed by atoms with E-state index in [9.17, 15) is 22.8 Å². The third-order valence-corrected chi connectivity index (χ3v) is 4.56. The molecule has 1 unspecified atom stereocenters. The van der Waals surface area contributed by atoms with E-state index in [4.69, 9.17) is 0 Å². The number of esters is 1. The number of amides is 1. The van der Waals surface area contributed by atoms with Crippen molar-refractivity contribution in [1.82, 2.24) is 10.3 Å². The summed E-state index contributed by atoms with van der Waals surface area (Å²) < 4.78 is 43.1. The maximum absolute atomic E-state index is 12.8. The Morgan fingerprint density at radius 1 is 1.39 bits per heavy atom. The van der Waals surface area contributed by atoms with E-state index in [2.05, 4.69) is 15.0 Å². The summed E-state index contributed by atoms with van der Waals surface area (Å²) in [7, 11) is 1.13. The quantitative estimate of drug-likeness (QED) is 0.851. The maximum atomic E-state index is 12.8. The van der Waals surface area contributed by atoms with Crippen molar-refractivity contribution in [2.45, 2.75) is 35.7 Å². The highest BCUT2D eigenvalue weighted by Crippen LogP contribution is 2.34. The summed E-state index contributed by atoms with van der Waals surface area (Å²) in [5, 5.41) is 1.97. The van der Waals surface area contributed by atoms with E-state index in [1.54, 1.807) is 0 Å². The van der Waals surface area contributed by atoms with Crippen molar-refractivity contribution in [2.24, 2.45) is 0 Å². The first-order valence-corrected chi connectivity index (χ1v) is 7.82. The lowest BCUT2D eigenvalue weighted by atomic mass is 10.2. The number of alkyl halides is 3. The van der Waals surface area contributed by atoms with Gasteiger partial charge >= 0.3 is 12.1 Å². The lowest BCUT2D eigenvalue weighted by Crippen LogP contribution is -2.31. The highest BCUT2D eigenvalue weighted by molar-refractivity contribution is 8.00. The van der Waals surface area contributed by atoms with E-state index in [1.807, 2.05) is 0 Å². The van der Waals surface area contributed by atoms with Gasteiger partial charge in [-0.1, -0.05) is 18.2 Å². The molecule has 0 aliphatic carbocycles. The minimum absolute atomic E-state index is 0.0810. The molecular weight excluding hydrogens is 333 g/mol. The number of carbonyl (C=O) groups is 2. The summed E-state index contributed by atoms with van der Waals surface area (Å²) in [6.45, 7) is 0.537. The van der Waals surface area contributed by atoms with E-state index in [0.29, 0.717) is 13.0 Å². The topological polar surface area (TPSA) is 68.3 Å². The minimum Gasteiger partial charge on any atom is -0.465 e. The molecule has 0 radical (unpaired) electrons.